The Morgan fingerprint density at radius 1 is 0.846 bits per heavy atom. The summed E-state index contributed by atoms with van der Waals surface area (Å²) < 4.78 is 42.8. The fourth-order valence-electron chi connectivity index (χ4n) is 3.35. The zero-order chi connectivity index (χ0) is 29.0. The predicted molar refractivity (Wildman–Crippen MR) is 147 cm³/mol. The van der Waals surface area contributed by atoms with Gasteiger partial charge in [0.2, 0.25) is 0 Å². The number of phenols is 1. The standard InChI is InChI=1S/C11H12BrNO4.C6H4BrNO3.C6H12O4S/c12-10-2-1-9(7-11(10)13(14)15)17-8-3-5-16-6-4-8;7-5-2-1-4(9)3-6(5)8(10)11;1-11(7,8)10-6-2-4-9-5-3-6/h1-2,7-8H,3-6H2;1-3,9H;6H,2-5H2,1H3. The summed E-state index contributed by atoms with van der Waals surface area (Å²) in [6, 6.07) is 8.69. The van der Waals surface area contributed by atoms with Gasteiger partial charge in [0, 0.05) is 26.1 Å². The van der Waals surface area contributed by atoms with Gasteiger partial charge >= 0.3 is 0 Å². The third-order valence-corrected chi connectivity index (χ3v) is 7.15. The minimum absolute atomic E-state index is 0.0227. The molecular formula is C23H28Br2N2O11S. The number of ether oxygens (including phenoxy) is 3. The number of nitrogens with zero attached hydrogens (tertiary/aromatic N) is 2. The number of nitro groups is 2. The van der Waals surface area contributed by atoms with Gasteiger partial charge < -0.3 is 19.3 Å². The van der Waals surface area contributed by atoms with E-state index >= 15 is 0 Å². The quantitative estimate of drug-likeness (QED) is 0.240. The van der Waals surface area contributed by atoms with Crippen molar-refractivity contribution < 1.29 is 41.8 Å². The molecule has 2 heterocycles. The van der Waals surface area contributed by atoms with Crippen molar-refractivity contribution in [1.82, 2.24) is 0 Å². The second-order valence-corrected chi connectivity index (χ2v) is 11.6. The van der Waals surface area contributed by atoms with Gasteiger partial charge in [-0.2, -0.15) is 8.42 Å². The van der Waals surface area contributed by atoms with E-state index in [0.717, 1.165) is 25.2 Å². The van der Waals surface area contributed by atoms with E-state index in [0.29, 0.717) is 54.0 Å². The van der Waals surface area contributed by atoms with E-state index in [1.54, 1.807) is 12.1 Å². The first-order valence-corrected chi connectivity index (χ1v) is 15.0. The Kier molecular flexibility index (Phi) is 13.5. The van der Waals surface area contributed by atoms with Gasteiger partial charge in [-0.3, -0.25) is 24.4 Å². The van der Waals surface area contributed by atoms with Crippen molar-refractivity contribution in [1.29, 1.82) is 0 Å². The van der Waals surface area contributed by atoms with Crippen LogP contribution >= 0.6 is 31.9 Å². The first-order chi connectivity index (χ1) is 18.4. The minimum atomic E-state index is -3.28. The second kappa shape index (κ2) is 16.0. The highest BCUT2D eigenvalue weighted by Crippen LogP contribution is 2.30. The van der Waals surface area contributed by atoms with Crippen LogP contribution < -0.4 is 4.74 Å². The van der Waals surface area contributed by atoms with Crippen molar-refractivity contribution in [2.24, 2.45) is 0 Å². The van der Waals surface area contributed by atoms with Gasteiger partial charge in [0.1, 0.15) is 17.6 Å². The smallest absolute Gasteiger partial charge is 0.287 e. The lowest BCUT2D eigenvalue weighted by atomic mass is 10.1. The van der Waals surface area contributed by atoms with Crippen molar-refractivity contribution in [2.75, 3.05) is 32.7 Å². The summed E-state index contributed by atoms with van der Waals surface area (Å²) in [4.78, 5) is 20.0. The predicted octanol–water partition coefficient (Wildman–Crippen LogP) is 5.12. The van der Waals surface area contributed by atoms with Crippen LogP contribution in [0.4, 0.5) is 11.4 Å². The monoisotopic (exact) mass is 698 g/mol. The molecule has 4 rings (SSSR count). The maximum atomic E-state index is 10.8. The van der Waals surface area contributed by atoms with Crippen molar-refractivity contribution in [2.45, 2.75) is 37.9 Å². The van der Waals surface area contributed by atoms with Crippen LogP contribution in [0.2, 0.25) is 0 Å². The molecule has 16 heteroatoms. The van der Waals surface area contributed by atoms with Crippen molar-refractivity contribution >= 4 is 53.4 Å². The van der Waals surface area contributed by atoms with E-state index in [1.807, 2.05) is 0 Å². The number of halogens is 2. The molecule has 0 atom stereocenters. The van der Waals surface area contributed by atoms with Gasteiger partial charge in [0.15, 0.2) is 0 Å². The second-order valence-electron chi connectivity index (χ2n) is 8.30. The summed E-state index contributed by atoms with van der Waals surface area (Å²) in [6.07, 6.45) is 3.99. The molecule has 216 valence electrons. The van der Waals surface area contributed by atoms with Crippen molar-refractivity contribution in [3.05, 3.63) is 65.6 Å². The van der Waals surface area contributed by atoms with Crippen LogP contribution in [-0.2, 0) is 23.8 Å². The van der Waals surface area contributed by atoms with Gasteiger partial charge in [-0.1, -0.05) is 0 Å². The number of rotatable bonds is 6. The van der Waals surface area contributed by atoms with Gasteiger partial charge in [-0.15, -0.1) is 0 Å². The molecule has 39 heavy (non-hydrogen) atoms. The maximum absolute atomic E-state index is 10.8. The summed E-state index contributed by atoms with van der Waals surface area (Å²) in [5.41, 5.74) is -0.112. The molecule has 2 aromatic rings. The number of aromatic hydroxyl groups is 1. The van der Waals surface area contributed by atoms with Gasteiger partial charge in [0.25, 0.3) is 21.5 Å². The molecule has 2 aliphatic rings. The van der Waals surface area contributed by atoms with Crippen LogP contribution in [-0.4, -0.2) is 68.3 Å². The molecule has 0 spiro atoms. The maximum Gasteiger partial charge on any atom is 0.287 e. The Bertz CT molecular complexity index is 1220. The average Bonchev–Trinajstić information content (AvgIpc) is 2.87. The normalized spacial score (nSPS) is 16.2. The lowest BCUT2D eigenvalue weighted by Gasteiger charge is -2.23. The Morgan fingerprint density at radius 3 is 1.77 bits per heavy atom. The summed E-state index contributed by atoms with van der Waals surface area (Å²) in [5, 5.41) is 29.9. The molecule has 0 amide bonds. The SMILES string of the molecule is CS(=O)(=O)OC1CCOCC1.O=[N+]([O-])c1cc(O)ccc1Br.O=[N+]([O-])c1cc(OC2CCOCC2)ccc1Br. The molecule has 0 bridgehead atoms. The van der Waals surface area contributed by atoms with E-state index in [-0.39, 0.29) is 29.3 Å². The van der Waals surface area contributed by atoms with Crippen LogP contribution in [0, 0.1) is 20.2 Å². The average molecular weight is 700 g/mol. The highest BCUT2D eigenvalue weighted by Gasteiger charge is 2.19. The first-order valence-electron chi connectivity index (χ1n) is 11.6. The summed E-state index contributed by atoms with van der Waals surface area (Å²) >= 11 is 6.12. The van der Waals surface area contributed by atoms with E-state index in [9.17, 15) is 28.6 Å². The topological polar surface area (TPSA) is 178 Å². The van der Waals surface area contributed by atoms with E-state index < -0.39 is 20.0 Å². The third-order valence-electron chi connectivity index (χ3n) is 5.19. The molecule has 2 fully saturated rings. The lowest BCUT2D eigenvalue weighted by molar-refractivity contribution is -0.385. The summed E-state index contributed by atoms with van der Waals surface area (Å²) in [7, 11) is -3.28. The molecule has 0 radical (unpaired) electrons. The molecule has 0 unspecified atom stereocenters. The van der Waals surface area contributed by atoms with Crippen molar-refractivity contribution in [3.63, 3.8) is 0 Å². The largest absolute Gasteiger partial charge is 0.508 e. The lowest BCUT2D eigenvalue weighted by Crippen LogP contribution is -2.25. The molecule has 0 aromatic heterocycles. The van der Waals surface area contributed by atoms with Gasteiger partial charge in [0.05, 0.1) is 56.5 Å². The number of nitro benzene ring substituents is 2. The molecule has 2 aliphatic heterocycles. The Balaban J connectivity index is 0.000000214. The first kappa shape index (κ1) is 32.8. The molecular weight excluding hydrogens is 672 g/mol. The number of phenolic OH excluding ortho intramolecular Hbond substituents is 1. The fraction of sp³-hybridized carbons (Fsp3) is 0.478. The number of benzene rings is 2. The number of hydrogen-bond donors (Lipinski definition) is 1. The van der Waals surface area contributed by atoms with E-state index in [1.165, 1.54) is 18.2 Å². The molecule has 2 aromatic carbocycles. The van der Waals surface area contributed by atoms with Crippen LogP contribution in [0.25, 0.3) is 0 Å². The molecule has 0 aliphatic carbocycles. The summed E-state index contributed by atoms with van der Waals surface area (Å²) in [5.74, 6) is 0.423. The van der Waals surface area contributed by atoms with E-state index in [2.05, 4.69) is 31.9 Å². The van der Waals surface area contributed by atoms with Gasteiger partial charge in [-0.25, -0.2) is 0 Å². The van der Waals surface area contributed by atoms with E-state index in [4.69, 9.17) is 23.5 Å². The Hall–Kier alpha value is -2.37. The number of hydrogen-bond acceptors (Lipinski definition) is 11. The molecule has 2 saturated heterocycles. The molecule has 13 nitrogen and oxygen atoms in total. The zero-order valence-electron chi connectivity index (χ0n) is 20.9. The fourth-order valence-corrected chi connectivity index (χ4v) is 4.82. The van der Waals surface area contributed by atoms with Crippen LogP contribution in [0.5, 0.6) is 11.5 Å². The van der Waals surface area contributed by atoms with Crippen LogP contribution in [0.1, 0.15) is 25.7 Å². The third kappa shape index (κ3) is 12.6. The Morgan fingerprint density at radius 2 is 1.31 bits per heavy atom. The highest BCUT2D eigenvalue weighted by molar-refractivity contribution is 9.11. The van der Waals surface area contributed by atoms with Crippen molar-refractivity contribution in [3.8, 4) is 11.5 Å². The minimum Gasteiger partial charge on any atom is -0.508 e. The highest BCUT2D eigenvalue weighted by atomic mass is 79.9. The molecule has 0 saturated carbocycles. The van der Waals surface area contributed by atoms with Crippen LogP contribution in [0.15, 0.2) is 45.3 Å². The van der Waals surface area contributed by atoms with Gasteiger partial charge in [-0.05, 0) is 69.0 Å². The molecule has 1 N–H and O–H groups in total. The van der Waals surface area contributed by atoms with Crippen LogP contribution in [0.3, 0.4) is 0 Å². The Labute approximate surface area is 242 Å². The summed E-state index contributed by atoms with van der Waals surface area (Å²) in [6.45, 7) is 2.56. The zero-order valence-corrected chi connectivity index (χ0v) is 24.9.